The fourth-order valence-electron chi connectivity index (χ4n) is 1.53. The van der Waals surface area contributed by atoms with Gasteiger partial charge in [0.2, 0.25) is 0 Å². The highest BCUT2D eigenvalue weighted by Crippen LogP contribution is 2.13. The van der Waals surface area contributed by atoms with Crippen molar-refractivity contribution in [3.63, 3.8) is 0 Å². The summed E-state index contributed by atoms with van der Waals surface area (Å²) in [6, 6.07) is 2.04. The number of hydrogen-bond acceptors (Lipinski definition) is 5. The minimum absolute atomic E-state index is 0.0438. The van der Waals surface area contributed by atoms with Gasteiger partial charge in [0.1, 0.15) is 0 Å². The number of aromatic nitrogens is 1. The van der Waals surface area contributed by atoms with Gasteiger partial charge >= 0.3 is 0 Å². The van der Waals surface area contributed by atoms with Crippen LogP contribution in [0.15, 0.2) is 18.5 Å². The van der Waals surface area contributed by atoms with E-state index in [1.807, 2.05) is 12.3 Å². The number of pyridine rings is 1. The van der Waals surface area contributed by atoms with Gasteiger partial charge in [0.25, 0.3) is 0 Å². The van der Waals surface area contributed by atoms with E-state index in [-0.39, 0.29) is 6.10 Å². The molecule has 0 spiro atoms. The van der Waals surface area contributed by atoms with E-state index in [0.717, 1.165) is 24.3 Å². The van der Waals surface area contributed by atoms with Crippen LogP contribution >= 0.6 is 0 Å². The Balaban J connectivity index is 2.45. The van der Waals surface area contributed by atoms with Crippen molar-refractivity contribution in [2.24, 2.45) is 0 Å². The highest BCUT2D eigenvalue weighted by molar-refractivity contribution is 5.53. The van der Waals surface area contributed by atoms with E-state index < -0.39 is 0 Å². The molecule has 1 atom stereocenters. The van der Waals surface area contributed by atoms with Gasteiger partial charge in [0.15, 0.2) is 0 Å². The van der Waals surface area contributed by atoms with E-state index in [0.29, 0.717) is 13.2 Å². The Hall–Kier alpha value is -1.33. The minimum atomic E-state index is 0.0438. The first-order chi connectivity index (χ1) is 8.80. The smallest absolute Gasteiger partial charge is 0.0976 e. The number of ether oxygens (including phenoxy) is 2. The summed E-state index contributed by atoms with van der Waals surface area (Å²) in [4.78, 5) is 4.19. The third-order valence-corrected chi connectivity index (χ3v) is 2.54. The molecule has 102 valence electrons. The van der Waals surface area contributed by atoms with Crippen molar-refractivity contribution in [2.45, 2.75) is 19.4 Å². The molecule has 1 unspecified atom stereocenters. The molecular formula is C13H23N3O2. The number of nitrogens with zero attached hydrogens (tertiary/aromatic N) is 1. The molecule has 18 heavy (non-hydrogen) atoms. The van der Waals surface area contributed by atoms with Crippen molar-refractivity contribution in [1.82, 2.24) is 4.98 Å². The van der Waals surface area contributed by atoms with Crippen LogP contribution in [0.3, 0.4) is 0 Å². The zero-order valence-corrected chi connectivity index (χ0v) is 11.4. The molecule has 0 amide bonds. The van der Waals surface area contributed by atoms with E-state index in [1.165, 1.54) is 0 Å². The van der Waals surface area contributed by atoms with Gasteiger partial charge in [-0.1, -0.05) is 6.92 Å². The quantitative estimate of drug-likeness (QED) is 0.705. The minimum Gasteiger partial charge on any atom is -0.384 e. The van der Waals surface area contributed by atoms with E-state index >= 15 is 0 Å². The first-order valence-corrected chi connectivity index (χ1v) is 6.24. The lowest BCUT2D eigenvalue weighted by molar-refractivity contribution is 0.0365. The molecule has 0 saturated heterocycles. The van der Waals surface area contributed by atoms with Crippen molar-refractivity contribution in [1.29, 1.82) is 0 Å². The third kappa shape index (κ3) is 5.33. The molecule has 1 rings (SSSR count). The van der Waals surface area contributed by atoms with E-state index in [4.69, 9.17) is 9.47 Å². The zero-order valence-electron chi connectivity index (χ0n) is 11.4. The highest BCUT2D eigenvalue weighted by atomic mass is 16.5. The average molecular weight is 253 g/mol. The monoisotopic (exact) mass is 253 g/mol. The van der Waals surface area contributed by atoms with E-state index in [1.54, 1.807) is 20.4 Å². The Kier molecular flexibility index (Phi) is 7.13. The molecule has 0 saturated carbocycles. The SMILES string of the molecule is CCCNc1cncc(NCC(COC)OC)c1. The fourth-order valence-corrected chi connectivity index (χ4v) is 1.53. The second-order valence-corrected chi connectivity index (χ2v) is 4.08. The first kappa shape index (κ1) is 14.7. The lowest BCUT2D eigenvalue weighted by Crippen LogP contribution is -2.26. The van der Waals surface area contributed by atoms with Gasteiger partial charge in [0, 0.05) is 27.3 Å². The molecule has 0 aromatic carbocycles. The molecule has 0 radical (unpaired) electrons. The predicted octanol–water partition coefficient (Wildman–Crippen LogP) is 1.98. The van der Waals surface area contributed by atoms with Gasteiger partial charge in [-0.3, -0.25) is 4.98 Å². The summed E-state index contributed by atoms with van der Waals surface area (Å²) < 4.78 is 10.4. The van der Waals surface area contributed by atoms with Gasteiger partial charge in [0.05, 0.1) is 36.5 Å². The Bertz CT molecular complexity index is 334. The summed E-state index contributed by atoms with van der Waals surface area (Å²) in [7, 11) is 3.35. The van der Waals surface area contributed by atoms with E-state index in [2.05, 4.69) is 22.5 Å². The van der Waals surface area contributed by atoms with Crippen molar-refractivity contribution >= 4 is 11.4 Å². The number of anilines is 2. The van der Waals surface area contributed by atoms with Crippen molar-refractivity contribution in [2.75, 3.05) is 44.5 Å². The van der Waals surface area contributed by atoms with Crippen molar-refractivity contribution in [3.8, 4) is 0 Å². The third-order valence-electron chi connectivity index (χ3n) is 2.54. The number of methoxy groups -OCH3 is 2. The largest absolute Gasteiger partial charge is 0.384 e. The normalized spacial score (nSPS) is 12.2. The molecule has 5 nitrogen and oxygen atoms in total. The summed E-state index contributed by atoms with van der Waals surface area (Å²) >= 11 is 0. The number of rotatable bonds is 9. The molecule has 2 N–H and O–H groups in total. The van der Waals surface area contributed by atoms with Crippen LogP contribution in [-0.4, -0.2) is 45.0 Å². The zero-order chi connectivity index (χ0) is 13.2. The molecule has 5 heteroatoms. The van der Waals surface area contributed by atoms with Crippen LogP contribution in [0.4, 0.5) is 11.4 Å². The Labute approximate surface area is 109 Å². The summed E-state index contributed by atoms with van der Waals surface area (Å²) in [6.45, 7) is 4.36. The first-order valence-electron chi connectivity index (χ1n) is 6.24. The molecular weight excluding hydrogens is 230 g/mol. The number of hydrogen-bond donors (Lipinski definition) is 2. The standard InChI is InChI=1S/C13H23N3O2/c1-4-5-15-11-6-12(8-14-7-11)16-9-13(18-3)10-17-2/h6-8,13,15-16H,4-5,9-10H2,1-3H3. The van der Waals surface area contributed by atoms with Crippen LogP contribution in [0.5, 0.6) is 0 Å². The van der Waals surface area contributed by atoms with Gasteiger partial charge in [-0.05, 0) is 12.5 Å². The van der Waals surface area contributed by atoms with Crippen molar-refractivity contribution < 1.29 is 9.47 Å². The van der Waals surface area contributed by atoms with Crippen molar-refractivity contribution in [3.05, 3.63) is 18.5 Å². The Morgan fingerprint density at radius 3 is 2.56 bits per heavy atom. The van der Waals surface area contributed by atoms with Crippen LogP contribution in [-0.2, 0) is 9.47 Å². The molecule has 0 bridgehead atoms. The fraction of sp³-hybridized carbons (Fsp3) is 0.615. The molecule has 0 aliphatic heterocycles. The molecule has 1 heterocycles. The maximum atomic E-state index is 5.28. The topological polar surface area (TPSA) is 55.4 Å². The van der Waals surface area contributed by atoms with E-state index in [9.17, 15) is 0 Å². The van der Waals surface area contributed by atoms with Crippen LogP contribution in [0, 0.1) is 0 Å². The predicted molar refractivity (Wildman–Crippen MR) is 74.2 cm³/mol. The van der Waals surface area contributed by atoms with Crippen LogP contribution < -0.4 is 10.6 Å². The Morgan fingerprint density at radius 2 is 1.94 bits per heavy atom. The summed E-state index contributed by atoms with van der Waals surface area (Å²) in [5.41, 5.74) is 2.01. The van der Waals surface area contributed by atoms with Crippen LogP contribution in [0.2, 0.25) is 0 Å². The van der Waals surface area contributed by atoms with Gasteiger partial charge in [-0.25, -0.2) is 0 Å². The van der Waals surface area contributed by atoms with Gasteiger partial charge < -0.3 is 20.1 Å². The molecule has 1 aromatic heterocycles. The lowest BCUT2D eigenvalue weighted by Gasteiger charge is -2.16. The van der Waals surface area contributed by atoms with Gasteiger partial charge in [-0.2, -0.15) is 0 Å². The van der Waals surface area contributed by atoms with Gasteiger partial charge in [-0.15, -0.1) is 0 Å². The van der Waals surface area contributed by atoms with Crippen LogP contribution in [0.25, 0.3) is 0 Å². The summed E-state index contributed by atoms with van der Waals surface area (Å²) in [5.74, 6) is 0. The Morgan fingerprint density at radius 1 is 1.22 bits per heavy atom. The maximum absolute atomic E-state index is 5.28. The molecule has 0 fully saturated rings. The molecule has 0 aliphatic carbocycles. The molecule has 0 aliphatic rings. The second kappa shape index (κ2) is 8.72. The lowest BCUT2D eigenvalue weighted by atomic mass is 10.3. The number of nitrogens with one attached hydrogen (secondary N) is 2. The summed E-state index contributed by atoms with van der Waals surface area (Å²) in [6.07, 6.45) is 4.76. The maximum Gasteiger partial charge on any atom is 0.0976 e. The van der Waals surface area contributed by atoms with Crippen LogP contribution in [0.1, 0.15) is 13.3 Å². The highest BCUT2D eigenvalue weighted by Gasteiger charge is 2.06. The molecule has 1 aromatic rings. The summed E-state index contributed by atoms with van der Waals surface area (Å²) in [5, 5.41) is 6.59. The second-order valence-electron chi connectivity index (χ2n) is 4.08. The average Bonchev–Trinajstić information content (AvgIpc) is 2.41.